The molecule has 1 aromatic heterocycles. The van der Waals surface area contributed by atoms with Crippen molar-refractivity contribution in [3.8, 4) is 0 Å². The molecule has 0 unspecified atom stereocenters. The molecule has 0 spiro atoms. The highest BCUT2D eigenvalue weighted by Crippen LogP contribution is 2.23. The molecule has 2 aromatic carbocycles. The van der Waals surface area contributed by atoms with Crippen molar-refractivity contribution in [3.63, 3.8) is 0 Å². The highest BCUT2D eigenvalue weighted by atomic mass is 32.1. The summed E-state index contributed by atoms with van der Waals surface area (Å²) in [4.78, 5) is 29.1. The number of nitrogens with zero attached hydrogens (tertiary/aromatic N) is 1. The summed E-state index contributed by atoms with van der Waals surface area (Å²) in [5, 5.41) is 8.44. The lowest BCUT2D eigenvalue weighted by atomic mass is 10.2. The van der Waals surface area contributed by atoms with Crippen molar-refractivity contribution >= 4 is 34.1 Å². The molecule has 0 aliphatic rings. The monoisotopic (exact) mass is 398 g/mol. The number of amides is 3. The van der Waals surface area contributed by atoms with Gasteiger partial charge in [0, 0.05) is 12.2 Å². The number of aromatic nitrogens is 1. The molecule has 0 aliphatic heterocycles. The minimum atomic E-state index is -0.434. The number of rotatable bonds is 5. The number of aryl methyl sites for hydroxylation is 2. The van der Waals surface area contributed by atoms with Crippen molar-refractivity contribution in [2.24, 2.45) is 0 Å². The van der Waals surface area contributed by atoms with E-state index >= 15 is 0 Å². The summed E-state index contributed by atoms with van der Waals surface area (Å²) in [6.07, 6.45) is 0. The van der Waals surface area contributed by atoms with Crippen molar-refractivity contribution in [3.05, 3.63) is 76.0 Å². The van der Waals surface area contributed by atoms with Gasteiger partial charge in [-0.1, -0.05) is 41.2 Å². The maximum atomic E-state index is 12.9. The molecule has 0 radical (unpaired) electrons. The average Bonchev–Trinajstić information content (AvgIpc) is 3.03. The zero-order chi connectivity index (χ0) is 20.1. The number of hydrogen-bond donors (Lipinski definition) is 3. The number of urea groups is 1. The smallest absolute Gasteiger partial charge is 0.325 e. The topological polar surface area (TPSA) is 83.1 Å². The van der Waals surface area contributed by atoms with Gasteiger partial charge >= 0.3 is 6.03 Å². The van der Waals surface area contributed by atoms with E-state index in [0.29, 0.717) is 21.4 Å². The zero-order valence-electron chi connectivity index (χ0n) is 15.4. The molecule has 1 heterocycles. The second kappa shape index (κ2) is 8.62. The largest absolute Gasteiger partial charge is 0.347 e. The summed E-state index contributed by atoms with van der Waals surface area (Å²) >= 11 is 1.09. The van der Waals surface area contributed by atoms with Gasteiger partial charge in [-0.3, -0.25) is 10.1 Å². The van der Waals surface area contributed by atoms with Crippen LogP contribution in [0.25, 0.3) is 0 Å². The molecule has 0 atom stereocenters. The molecule has 0 saturated heterocycles. The van der Waals surface area contributed by atoms with Gasteiger partial charge in [-0.25, -0.2) is 14.2 Å². The number of carbonyl (C=O) groups is 2. The third kappa shape index (κ3) is 5.14. The Morgan fingerprint density at radius 1 is 1.00 bits per heavy atom. The second-order valence-corrected chi connectivity index (χ2v) is 7.19. The van der Waals surface area contributed by atoms with Crippen LogP contribution in [0, 0.1) is 19.7 Å². The molecule has 144 valence electrons. The SMILES string of the molecule is Cc1ccc(NC(=O)Nc2nc(C)c(C(=O)NCc3ccc(F)cc3)s2)cc1. The Hall–Kier alpha value is -3.26. The minimum Gasteiger partial charge on any atom is -0.347 e. The van der Waals surface area contributed by atoms with Gasteiger partial charge in [0.25, 0.3) is 5.91 Å². The third-order valence-corrected chi connectivity index (χ3v) is 4.97. The molecule has 0 bridgehead atoms. The van der Waals surface area contributed by atoms with E-state index < -0.39 is 6.03 Å². The van der Waals surface area contributed by atoms with Gasteiger partial charge in [0.15, 0.2) is 5.13 Å². The highest BCUT2D eigenvalue weighted by Gasteiger charge is 2.16. The number of carbonyl (C=O) groups excluding carboxylic acids is 2. The van der Waals surface area contributed by atoms with Gasteiger partial charge < -0.3 is 10.6 Å². The fraction of sp³-hybridized carbons (Fsp3) is 0.150. The fourth-order valence-corrected chi connectivity index (χ4v) is 3.30. The summed E-state index contributed by atoms with van der Waals surface area (Å²) in [7, 11) is 0. The van der Waals surface area contributed by atoms with Crippen LogP contribution < -0.4 is 16.0 Å². The summed E-state index contributed by atoms with van der Waals surface area (Å²) in [5.41, 5.74) is 3.06. The molecule has 3 amide bonds. The van der Waals surface area contributed by atoms with Crippen LogP contribution in [0.5, 0.6) is 0 Å². The predicted molar refractivity (Wildman–Crippen MR) is 108 cm³/mol. The lowest BCUT2D eigenvalue weighted by Crippen LogP contribution is -2.22. The van der Waals surface area contributed by atoms with Crippen LogP contribution in [0.1, 0.15) is 26.5 Å². The summed E-state index contributed by atoms with van der Waals surface area (Å²) in [5.74, 6) is -0.626. The van der Waals surface area contributed by atoms with Gasteiger partial charge in [-0.2, -0.15) is 0 Å². The van der Waals surface area contributed by atoms with E-state index in [9.17, 15) is 14.0 Å². The molecule has 3 rings (SSSR count). The van der Waals surface area contributed by atoms with E-state index in [0.717, 1.165) is 22.5 Å². The maximum Gasteiger partial charge on any atom is 0.325 e. The standard InChI is InChI=1S/C20H19FN4O2S/c1-12-3-9-16(10-4-12)24-19(27)25-20-23-13(2)17(28-20)18(26)22-11-14-5-7-15(21)8-6-14/h3-10H,11H2,1-2H3,(H,22,26)(H2,23,24,25,27). The van der Waals surface area contributed by atoms with Crippen molar-refractivity contribution < 1.29 is 14.0 Å². The maximum absolute atomic E-state index is 12.9. The number of halogens is 1. The number of anilines is 2. The molecule has 0 fully saturated rings. The Balaban J connectivity index is 1.58. The van der Waals surface area contributed by atoms with E-state index in [4.69, 9.17) is 0 Å². The van der Waals surface area contributed by atoms with Crippen LogP contribution in [0.15, 0.2) is 48.5 Å². The van der Waals surface area contributed by atoms with Gasteiger partial charge in [-0.15, -0.1) is 0 Å². The molecular weight excluding hydrogens is 379 g/mol. The number of nitrogens with one attached hydrogen (secondary N) is 3. The number of thiazole rings is 1. The van der Waals surface area contributed by atoms with E-state index in [1.54, 1.807) is 31.2 Å². The second-order valence-electron chi connectivity index (χ2n) is 6.19. The van der Waals surface area contributed by atoms with E-state index in [1.165, 1.54) is 12.1 Å². The normalized spacial score (nSPS) is 10.4. The first-order valence-corrected chi connectivity index (χ1v) is 9.37. The Morgan fingerprint density at radius 3 is 2.36 bits per heavy atom. The highest BCUT2D eigenvalue weighted by molar-refractivity contribution is 7.17. The molecule has 3 aromatic rings. The van der Waals surface area contributed by atoms with E-state index in [1.807, 2.05) is 19.1 Å². The number of benzene rings is 2. The van der Waals surface area contributed by atoms with Crippen LogP contribution >= 0.6 is 11.3 Å². The average molecular weight is 398 g/mol. The molecule has 3 N–H and O–H groups in total. The van der Waals surface area contributed by atoms with Crippen molar-refractivity contribution in [1.29, 1.82) is 0 Å². The summed E-state index contributed by atoms with van der Waals surface area (Å²) < 4.78 is 12.9. The van der Waals surface area contributed by atoms with Crippen molar-refractivity contribution in [2.75, 3.05) is 10.6 Å². The van der Waals surface area contributed by atoms with Crippen LogP contribution in [-0.4, -0.2) is 16.9 Å². The quantitative estimate of drug-likeness (QED) is 0.593. The van der Waals surface area contributed by atoms with E-state index in [2.05, 4.69) is 20.9 Å². The fourth-order valence-electron chi connectivity index (χ4n) is 2.42. The van der Waals surface area contributed by atoms with Crippen LogP contribution in [0.2, 0.25) is 0 Å². The molecule has 0 saturated carbocycles. The van der Waals surface area contributed by atoms with Gasteiger partial charge in [-0.05, 0) is 43.7 Å². The van der Waals surface area contributed by atoms with Crippen LogP contribution in [-0.2, 0) is 6.54 Å². The molecule has 28 heavy (non-hydrogen) atoms. The first-order chi connectivity index (χ1) is 13.4. The Kier molecular flexibility index (Phi) is 6.00. The first kappa shape index (κ1) is 19.5. The number of hydrogen-bond acceptors (Lipinski definition) is 4. The van der Waals surface area contributed by atoms with Crippen molar-refractivity contribution in [1.82, 2.24) is 10.3 Å². The Labute approximate surface area is 165 Å². The predicted octanol–water partition coefficient (Wildman–Crippen LogP) is 4.47. The van der Waals surface area contributed by atoms with Gasteiger partial charge in [0.05, 0.1) is 5.69 Å². The van der Waals surface area contributed by atoms with Crippen LogP contribution in [0.4, 0.5) is 20.0 Å². The minimum absolute atomic E-state index is 0.271. The van der Waals surface area contributed by atoms with Gasteiger partial charge in [0.1, 0.15) is 10.7 Å². The summed E-state index contributed by atoms with van der Waals surface area (Å²) in [6.45, 7) is 3.93. The Bertz CT molecular complexity index is 984. The van der Waals surface area contributed by atoms with Crippen molar-refractivity contribution in [2.45, 2.75) is 20.4 Å². The Morgan fingerprint density at radius 2 is 1.68 bits per heavy atom. The van der Waals surface area contributed by atoms with E-state index in [-0.39, 0.29) is 18.3 Å². The van der Waals surface area contributed by atoms with Gasteiger partial charge in [0.2, 0.25) is 0 Å². The summed E-state index contributed by atoms with van der Waals surface area (Å²) in [6, 6.07) is 12.9. The molecule has 6 nitrogen and oxygen atoms in total. The third-order valence-electron chi connectivity index (χ3n) is 3.90. The first-order valence-electron chi connectivity index (χ1n) is 8.55. The van der Waals surface area contributed by atoms with Crippen LogP contribution in [0.3, 0.4) is 0 Å². The zero-order valence-corrected chi connectivity index (χ0v) is 16.2. The molecular formula is C20H19FN4O2S. The molecule has 0 aliphatic carbocycles. The lowest BCUT2D eigenvalue weighted by Gasteiger charge is -2.05. The lowest BCUT2D eigenvalue weighted by molar-refractivity contribution is 0.0954. The molecule has 8 heteroatoms.